The average molecular weight is 220 g/mol. The third-order valence-corrected chi connectivity index (χ3v) is 3.50. The molecule has 1 fully saturated rings. The van der Waals surface area contributed by atoms with Gasteiger partial charge in [0.25, 0.3) is 0 Å². The van der Waals surface area contributed by atoms with E-state index in [1.165, 1.54) is 25.7 Å². The summed E-state index contributed by atoms with van der Waals surface area (Å²) in [5.74, 6) is 1.99. The van der Waals surface area contributed by atoms with Crippen LogP contribution in [0.4, 0.5) is 11.6 Å². The van der Waals surface area contributed by atoms with Gasteiger partial charge in [-0.25, -0.2) is 9.97 Å². The molecule has 0 bridgehead atoms. The first kappa shape index (κ1) is 11.2. The van der Waals surface area contributed by atoms with Gasteiger partial charge in [-0.05, 0) is 19.8 Å². The Balaban J connectivity index is 2.25. The molecular weight excluding hydrogens is 200 g/mol. The molecule has 0 atom stereocenters. The molecule has 1 saturated carbocycles. The van der Waals surface area contributed by atoms with E-state index in [1.54, 1.807) is 6.33 Å². The molecule has 4 nitrogen and oxygen atoms in total. The minimum atomic E-state index is 0.651. The molecule has 0 aromatic carbocycles. The predicted octanol–water partition coefficient (Wildman–Crippen LogP) is 2.21. The van der Waals surface area contributed by atoms with Gasteiger partial charge < -0.3 is 10.2 Å². The van der Waals surface area contributed by atoms with Crippen molar-refractivity contribution < 1.29 is 0 Å². The van der Waals surface area contributed by atoms with Gasteiger partial charge in [-0.1, -0.05) is 12.8 Å². The number of anilines is 2. The Kier molecular flexibility index (Phi) is 3.27. The smallest absolute Gasteiger partial charge is 0.137 e. The Morgan fingerprint density at radius 2 is 2.00 bits per heavy atom. The Labute approximate surface area is 97.1 Å². The zero-order valence-corrected chi connectivity index (χ0v) is 10.3. The van der Waals surface area contributed by atoms with Crippen LogP contribution in [0, 0.1) is 6.92 Å². The maximum absolute atomic E-state index is 4.41. The summed E-state index contributed by atoms with van der Waals surface area (Å²) in [6, 6.07) is 0.651. The highest BCUT2D eigenvalue weighted by Crippen LogP contribution is 2.29. The highest BCUT2D eigenvalue weighted by atomic mass is 15.2. The summed E-state index contributed by atoms with van der Waals surface area (Å²) >= 11 is 0. The molecule has 16 heavy (non-hydrogen) atoms. The van der Waals surface area contributed by atoms with Crippen molar-refractivity contribution in [3.05, 3.63) is 11.9 Å². The first-order valence-corrected chi connectivity index (χ1v) is 5.96. The van der Waals surface area contributed by atoms with Crippen molar-refractivity contribution >= 4 is 11.6 Å². The second-order valence-corrected chi connectivity index (χ2v) is 4.47. The summed E-state index contributed by atoms with van der Waals surface area (Å²) in [5, 5.41) is 3.10. The van der Waals surface area contributed by atoms with Gasteiger partial charge in [-0.2, -0.15) is 0 Å². The minimum Gasteiger partial charge on any atom is -0.373 e. The van der Waals surface area contributed by atoms with E-state index in [1.807, 2.05) is 7.05 Å². The molecule has 88 valence electrons. The van der Waals surface area contributed by atoms with Crippen LogP contribution in [0.2, 0.25) is 0 Å². The van der Waals surface area contributed by atoms with Crippen LogP contribution in [0.5, 0.6) is 0 Å². The SMILES string of the molecule is CNc1ncnc(N(C)C2CCCC2)c1C. The minimum absolute atomic E-state index is 0.651. The van der Waals surface area contributed by atoms with E-state index in [2.05, 4.69) is 34.2 Å². The lowest BCUT2D eigenvalue weighted by Crippen LogP contribution is -2.30. The van der Waals surface area contributed by atoms with Gasteiger partial charge in [0, 0.05) is 25.7 Å². The van der Waals surface area contributed by atoms with Crippen molar-refractivity contribution in [1.29, 1.82) is 0 Å². The molecule has 1 N–H and O–H groups in total. The summed E-state index contributed by atoms with van der Waals surface area (Å²) in [4.78, 5) is 10.9. The molecule has 0 unspecified atom stereocenters. The van der Waals surface area contributed by atoms with Crippen molar-refractivity contribution in [1.82, 2.24) is 9.97 Å². The molecule has 0 amide bonds. The van der Waals surface area contributed by atoms with Crippen LogP contribution in [0.3, 0.4) is 0 Å². The van der Waals surface area contributed by atoms with E-state index in [4.69, 9.17) is 0 Å². The number of hydrogen-bond acceptors (Lipinski definition) is 4. The molecule has 0 radical (unpaired) electrons. The molecule has 4 heteroatoms. The molecule has 0 saturated heterocycles. The highest BCUT2D eigenvalue weighted by Gasteiger charge is 2.22. The van der Waals surface area contributed by atoms with E-state index >= 15 is 0 Å². The van der Waals surface area contributed by atoms with Gasteiger partial charge in [-0.15, -0.1) is 0 Å². The van der Waals surface area contributed by atoms with Crippen LogP contribution in [-0.4, -0.2) is 30.1 Å². The monoisotopic (exact) mass is 220 g/mol. The number of hydrogen-bond donors (Lipinski definition) is 1. The molecular formula is C12H20N4. The fourth-order valence-electron chi connectivity index (χ4n) is 2.51. The maximum atomic E-state index is 4.41. The van der Waals surface area contributed by atoms with E-state index in [0.29, 0.717) is 6.04 Å². The number of nitrogens with zero attached hydrogens (tertiary/aromatic N) is 3. The summed E-state index contributed by atoms with van der Waals surface area (Å²) in [6.45, 7) is 2.08. The molecule has 1 aromatic rings. The third-order valence-electron chi connectivity index (χ3n) is 3.50. The quantitative estimate of drug-likeness (QED) is 0.848. The summed E-state index contributed by atoms with van der Waals surface area (Å²) in [6.07, 6.45) is 6.90. The van der Waals surface area contributed by atoms with Crippen molar-refractivity contribution in [2.24, 2.45) is 0 Å². The average Bonchev–Trinajstić information content (AvgIpc) is 2.82. The van der Waals surface area contributed by atoms with Gasteiger partial charge in [0.2, 0.25) is 0 Å². The zero-order chi connectivity index (χ0) is 11.5. The Hall–Kier alpha value is -1.32. The van der Waals surface area contributed by atoms with Crippen LogP contribution in [0.25, 0.3) is 0 Å². The fraction of sp³-hybridized carbons (Fsp3) is 0.667. The van der Waals surface area contributed by atoms with E-state index in [0.717, 1.165) is 17.2 Å². The fourth-order valence-corrected chi connectivity index (χ4v) is 2.51. The normalized spacial score (nSPS) is 16.4. The van der Waals surface area contributed by atoms with Crippen molar-refractivity contribution in [2.45, 2.75) is 38.6 Å². The van der Waals surface area contributed by atoms with E-state index in [9.17, 15) is 0 Å². The van der Waals surface area contributed by atoms with E-state index in [-0.39, 0.29) is 0 Å². The lowest BCUT2D eigenvalue weighted by atomic mass is 10.2. The van der Waals surface area contributed by atoms with Gasteiger partial charge >= 0.3 is 0 Å². The number of aromatic nitrogens is 2. The number of nitrogens with one attached hydrogen (secondary N) is 1. The van der Waals surface area contributed by atoms with Gasteiger partial charge in [0.1, 0.15) is 18.0 Å². The topological polar surface area (TPSA) is 41.1 Å². The zero-order valence-electron chi connectivity index (χ0n) is 10.3. The van der Waals surface area contributed by atoms with Gasteiger partial charge in [0.05, 0.1) is 0 Å². The highest BCUT2D eigenvalue weighted by molar-refractivity contribution is 5.57. The van der Waals surface area contributed by atoms with Crippen LogP contribution < -0.4 is 10.2 Å². The Morgan fingerprint density at radius 1 is 1.31 bits per heavy atom. The first-order valence-electron chi connectivity index (χ1n) is 5.96. The molecule has 0 aliphatic heterocycles. The molecule has 1 aromatic heterocycles. The molecule has 1 aliphatic carbocycles. The van der Waals surface area contributed by atoms with Crippen molar-refractivity contribution in [3.8, 4) is 0 Å². The maximum Gasteiger partial charge on any atom is 0.137 e. The van der Waals surface area contributed by atoms with Crippen molar-refractivity contribution in [3.63, 3.8) is 0 Å². The molecule has 0 spiro atoms. The van der Waals surface area contributed by atoms with Crippen LogP contribution in [0.15, 0.2) is 6.33 Å². The van der Waals surface area contributed by atoms with Crippen LogP contribution in [0.1, 0.15) is 31.2 Å². The lowest BCUT2D eigenvalue weighted by molar-refractivity contribution is 0.644. The number of rotatable bonds is 3. The molecule has 1 heterocycles. The Bertz CT molecular complexity index is 358. The second-order valence-electron chi connectivity index (χ2n) is 4.47. The van der Waals surface area contributed by atoms with Crippen LogP contribution >= 0.6 is 0 Å². The van der Waals surface area contributed by atoms with Gasteiger partial charge in [0.15, 0.2) is 0 Å². The predicted molar refractivity (Wildman–Crippen MR) is 67.0 cm³/mol. The van der Waals surface area contributed by atoms with Gasteiger partial charge in [-0.3, -0.25) is 0 Å². The summed E-state index contributed by atoms with van der Waals surface area (Å²) in [5.41, 5.74) is 1.14. The lowest BCUT2D eigenvalue weighted by Gasteiger charge is -2.27. The first-order chi connectivity index (χ1) is 7.74. The van der Waals surface area contributed by atoms with Crippen LogP contribution in [-0.2, 0) is 0 Å². The van der Waals surface area contributed by atoms with Crippen molar-refractivity contribution in [2.75, 3.05) is 24.3 Å². The third kappa shape index (κ3) is 1.96. The Morgan fingerprint density at radius 3 is 2.62 bits per heavy atom. The second kappa shape index (κ2) is 4.68. The molecule has 1 aliphatic rings. The van der Waals surface area contributed by atoms with E-state index < -0.39 is 0 Å². The summed E-state index contributed by atoms with van der Waals surface area (Å²) in [7, 11) is 4.04. The molecule has 2 rings (SSSR count). The standard InChI is InChI=1S/C12H20N4/c1-9-11(13-2)14-8-15-12(9)16(3)10-6-4-5-7-10/h8,10H,4-7H2,1-3H3,(H,13,14,15). The summed E-state index contributed by atoms with van der Waals surface area (Å²) < 4.78 is 0. The largest absolute Gasteiger partial charge is 0.373 e.